The summed E-state index contributed by atoms with van der Waals surface area (Å²) < 4.78 is 7.58. The first-order valence-corrected chi connectivity index (χ1v) is 5.52. The maximum atomic E-state index is 5.72. The zero-order valence-corrected chi connectivity index (χ0v) is 9.09. The molecule has 0 aromatic carbocycles. The molecule has 0 saturated carbocycles. The fourth-order valence-corrected chi connectivity index (χ4v) is 1.92. The van der Waals surface area contributed by atoms with Gasteiger partial charge in [-0.2, -0.15) is 0 Å². The van der Waals surface area contributed by atoms with Crippen LogP contribution in [0, 0.1) is 0 Å². The summed E-state index contributed by atoms with van der Waals surface area (Å²) in [6, 6.07) is 0. The third-order valence-electron chi connectivity index (χ3n) is 2.70. The van der Waals surface area contributed by atoms with Gasteiger partial charge in [0.15, 0.2) is 0 Å². The molecule has 2 N–H and O–H groups in total. The Balaban J connectivity index is 1.87. The van der Waals surface area contributed by atoms with Gasteiger partial charge in [0.05, 0.1) is 24.4 Å². The second kappa shape index (κ2) is 4.72. The maximum Gasteiger partial charge on any atom is 0.0839 e. The first kappa shape index (κ1) is 10.6. The smallest absolute Gasteiger partial charge is 0.0839 e. The lowest BCUT2D eigenvalue weighted by atomic mass is 10.2. The third kappa shape index (κ3) is 2.76. The van der Waals surface area contributed by atoms with Gasteiger partial charge in [0.25, 0.3) is 0 Å². The third-order valence-corrected chi connectivity index (χ3v) is 2.70. The van der Waals surface area contributed by atoms with Crippen LogP contribution in [-0.4, -0.2) is 33.7 Å². The highest BCUT2D eigenvalue weighted by Gasteiger charge is 2.22. The second-order valence-corrected chi connectivity index (χ2v) is 4.12. The molecule has 0 amide bonds. The predicted molar refractivity (Wildman–Crippen MR) is 56.3 cm³/mol. The highest BCUT2D eigenvalue weighted by molar-refractivity contribution is 4.93. The fraction of sp³-hybridized carbons (Fsp3) is 0.800. The number of ether oxygens (including phenoxy) is 1. The summed E-state index contributed by atoms with van der Waals surface area (Å²) in [5.41, 5.74) is 6.41. The van der Waals surface area contributed by atoms with E-state index in [0.717, 1.165) is 31.5 Å². The van der Waals surface area contributed by atoms with Gasteiger partial charge in [-0.1, -0.05) is 5.21 Å². The normalized spacial score (nSPS) is 26.0. The molecule has 0 aliphatic carbocycles. The SMILES string of the molecule is CC1CCC(Cn2cc(CCN)nn2)O1. The van der Waals surface area contributed by atoms with Gasteiger partial charge in [-0.05, 0) is 26.3 Å². The van der Waals surface area contributed by atoms with Crippen molar-refractivity contribution in [3.8, 4) is 0 Å². The van der Waals surface area contributed by atoms with Crippen molar-refractivity contribution >= 4 is 0 Å². The van der Waals surface area contributed by atoms with Crippen molar-refractivity contribution in [1.29, 1.82) is 0 Å². The van der Waals surface area contributed by atoms with E-state index in [2.05, 4.69) is 17.2 Å². The van der Waals surface area contributed by atoms with E-state index >= 15 is 0 Å². The molecule has 2 atom stereocenters. The minimum atomic E-state index is 0.299. The Morgan fingerprint density at radius 1 is 1.60 bits per heavy atom. The van der Waals surface area contributed by atoms with Crippen LogP contribution in [0.25, 0.3) is 0 Å². The van der Waals surface area contributed by atoms with Crippen LogP contribution in [0.3, 0.4) is 0 Å². The predicted octanol–water partition coefficient (Wildman–Crippen LogP) is 0.347. The molecule has 15 heavy (non-hydrogen) atoms. The van der Waals surface area contributed by atoms with Gasteiger partial charge in [-0.15, -0.1) is 5.10 Å². The number of nitrogens with two attached hydrogens (primary N) is 1. The molecule has 0 spiro atoms. The van der Waals surface area contributed by atoms with Crippen molar-refractivity contribution in [3.63, 3.8) is 0 Å². The van der Waals surface area contributed by atoms with Gasteiger partial charge in [0.2, 0.25) is 0 Å². The van der Waals surface area contributed by atoms with Crippen LogP contribution in [0.2, 0.25) is 0 Å². The van der Waals surface area contributed by atoms with Crippen molar-refractivity contribution in [2.24, 2.45) is 5.73 Å². The maximum absolute atomic E-state index is 5.72. The Kier molecular flexibility index (Phi) is 3.33. The molecule has 1 aliphatic rings. The fourth-order valence-electron chi connectivity index (χ4n) is 1.92. The number of rotatable bonds is 4. The molecular formula is C10H18N4O. The first-order valence-electron chi connectivity index (χ1n) is 5.52. The number of hydrogen-bond acceptors (Lipinski definition) is 4. The lowest BCUT2D eigenvalue weighted by Gasteiger charge is -2.09. The Hall–Kier alpha value is -0.940. The number of nitrogens with zero attached hydrogens (tertiary/aromatic N) is 3. The van der Waals surface area contributed by atoms with Crippen LogP contribution in [0.15, 0.2) is 6.20 Å². The van der Waals surface area contributed by atoms with E-state index in [0.29, 0.717) is 18.8 Å². The van der Waals surface area contributed by atoms with Crippen molar-refractivity contribution in [2.75, 3.05) is 6.54 Å². The van der Waals surface area contributed by atoms with E-state index in [-0.39, 0.29) is 0 Å². The number of hydrogen-bond donors (Lipinski definition) is 1. The molecule has 1 aromatic rings. The van der Waals surface area contributed by atoms with Gasteiger partial charge >= 0.3 is 0 Å². The molecule has 0 bridgehead atoms. The van der Waals surface area contributed by atoms with Gasteiger partial charge in [-0.3, -0.25) is 0 Å². The van der Waals surface area contributed by atoms with Crippen LogP contribution in [-0.2, 0) is 17.7 Å². The molecular weight excluding hydrogens is 192 g/mol. The van der Waals surface area contributed by atoms with Gasteiger partial charge in [0.1, 0.15) is 0 Å². The van der Waals surface area contributed by atoms with Crippen LogP contribution in [0.4, 0.5) is 0 Å². The highest BCUT2D eigenvalue weighted by atomic mass is 16.5. The van der Waals surface area contributed by atoms with Crippen molar-refractivity contribution in [1.82, 2.24) is 15.0 Å². The van der Waals surface area contributed by atoms with Crippen LogP contribution >= 0.6 is 0 Å². The van der Waals surface area contributed by atoms with Crippen molar-refractivity contribution in [2.45, 2.75) is 44.9 Å². The van der Waals surface area contributed by atoms with Crippen LogP contribution in [0.1, 0.15) is 25.5 Å². The summed E-state index contributed by atoms with van der Waals surface area (Å²) in [7, 11) is 0. The minimum Gasteiger partial charge on any atom is -0.373 e. The van der Waals surface area contributed by atoms with Crippen LogP contribution in [0.5, 0.6) is 0 Å². The van der Waals surface area contributed by atoms with Crippen molar-refractivity contribution < 1.29 is 4.74 Å². The number of aromatic nitrogens is 3. The molecule has 5 nitrogen and oxygen atoms in total. The van der Waals surface area contributed by atoms with Gasteiger partial charge in [0, 0.05) is 12.6 Å². The summed E-state index contributed by atoms with van der Waals surface area (Å²) in [5, 5.41) is 8.10. The van der Waals surface area contributed by atoms with E-state index < -0.39 is 0 Å². The molecule has 0 radical (unpaired) electrons. The van der Waals surface area contributed by atoms with Crippen molar-refractivity contribution in [3.05, 3.63) is 11.9 Å². The van der Waals surface area contributed by atoms with E-state index in [1.54, 1.807) is 0 Å². The molecule has 1 aromatic heterocycles. The Morgan fingerprint density at radius 2 is 2.47 bits per heavy atom. The molecule has 1 saturated heterocycles. The van der Waals surface area contributed by atoms with E-state index in [1.165, 1.54) is 0 Å². The monoisotopic (exact) mass is 210 g/mol. The zero-order chi connectivity index (χ0) is 10.7. The average molecular weight is 210 g/mol. The van der Waals surface area contributed by atoms with Gasteiger partial charge < -0.3 is 10.5 Å². The largest absolute Gasteiger partial charge is 0.373 e. The lowest BCUT2D eigenvalue weighted by molar-refractivity contribution is 0.0434. The highest BCUT2D eigenvalue weighted by Crippen LogP contribution is 2.20. The summed E-state index contributed by atoms with van der Waals surface area (Å²) in [5.74, 6) is 0. The van der Waals surface area contributed by atoms with Crippen LogP contribution < -0.4 is 5.73 Å². The summed E-state index contributed by atoms with van der Waals surface area (Å²) in [6.45, 7) is 3.54. The first-order chi connectivity index (χ1) is 7.28. The standard InChI is InChI=1S/C10H18N4O/c1-8-2-3-10(15-8)7-14-6-9(4-5-11)12-13-14/h6,8,10H,2-5,7,11H2,1H3. The van der Waals surface area contributed by atoms with E-state index in [4.69, 9.17) is 10.5 Å². The van der Waals surface area contributed by atoms with Gasteiger partial charge in [-0.25, -0.2) is 4.68 Å². The summed E-state index contributed by atoms with van der Waals surface area (Å²) in [4.78, 5) is 0. The molecule has 5 heteroatoms. The average Bonchev–Trinajstić information content (AvgIpc) is 2.78. The van der Waals surface area contributed by atoms with E-state index in [9.17, 15) is 0 Å². The Bertz CT molecular complexity index is 312. The topological polar surface area (TPSA) is 66.0 Å². The molecule has 2 rings (SSSR count). The molecule has 2 heterocycles. The summed E-state index contributed by atoms with van der Waals surface area (Å²) >= 11 is 0. The Morgan fingerprint density at radius 3 is 3.13 bits per heavy atom. The minimum absolute atomic E-state index is 0.299. The van der Waals surface area contributed by atoms with E-state index in [1.807, 2.05) is 10.9 Å². The zero-order valence-electron chi connectivity index (χ0n) is 9.09. The molecule has 84 valence electrons. The molecule has 2 unspecified atom stereocenters. The Labute approximate surface area is 89.6 Å². The second-order valence-electron chi connectivity index (χ2n) is 4.12. The molecule has 1 aliphatic heterocycles. The quantitative estimate of drug-likeness (QED) is 0.778. The summed E-state index contributed by atoms with van der Waals surface area (Å²) in [6.07, 6.45) is 5.71. The molecule has 1 fully saturated rings. The lowest BCUT2D eigenvalue weighted by Crippen LogP contribution is -2.16.